The Balaban J connectivity index is 1.69. The average Bonchev–Trinajstić information content (AvgIpc) is 2.55. The smallest absolute Gasteiger partial charge is 0.0705 e. The Morgan fingerprint density at radius 2 is 1.09 bits per heavy atom. The summed E-state index contributed by atoms with van der Waals surface area (Å²) in [4.78, 5) is 9.13. The number of aryl methyl sites for hydroxylation is 2. The minimum absolute atomic E-state index is 0.924. The summed E-state index contributed by atoms with van der Waals surface area (Å²) < 4.78 is 0. The highest BCUT2D eigenvalue weighted by Crippen LogP contribution is 2.20. The standard InChI is InChI=1S/C21H18N2/c1-14-3-7-18-12-16(5-9-20(18)22-14)11-17-6-10-21-19(13-17)8-4-15(2)23-21/h3-10,12-13H,11H2,1-2H3. The molecule has 0 bridgehead atoms. The summed E-state index contributed by atoms with van der Waals surface area (Å²) in [7, 11) is 0. The zero-order valence-corrected chi connectivity index (χ0v) is 13.4. The van der Waals surface area contributed by atoms with Gasteiger partial charge in [0.1, 0.15) is 0 Å². The molecule has 0 aliphatic rings. The lowest BCUT2D eigenvalue weighted by Gasteiger charge is -2.06. The molecular weight excluding hydrogens is 280 g/mol. The van der Waals surface area contributed by atoms with Crippen molar-refractivity contribution in [3.63, 3.8) is 0 Å². The zero-order valence-electron chi connectivity index (χ0n) is 13.4. The maximum Gasteiger partial charge on any atom is 0.0705 e. The molecule has 23 heavy (non-hydrogen) atoms. The molecule has 0 unspecified atom stereocenters. The van der Waals surface area contributed by atoms with Gasteiger partial charge in [-0.25, -0.2) is 0 Å². The van der Waals surface area contributed by atoms with Crippen molar-refractivity contribution in [1.29, 1.82) is 0 Å². The Kier molecular flexibility index (Phi) is 3.30. The lowest BCUT2D eigenvalue weighted by atomic mass is 10.0. The van der Waals surface area contributed by atoms with Crippen molar-refractivity contribution in [2.45, 2.75) is 20.3 Å². The molecule has 0 saturated heterocycles. The molecule has 0 radical (unpaired) electrons. The number of pyridine rings is 2. The van der Waals surface area contributed by atoms with Crippen LogP contribution >= 0.6 is 0 Å². The molecule has 0 N–H and O–H groups in total. The molecule has 112 valence electrons. The quantitative estimate of drug-likeness (QED) is 0.521. The fourth-order valence-corrected chi connectivity index (χ4v) is 3.01. The van der Waals surface area contributed by atoms with Crippen LogP contribution in [0.25, 0.3) is 21.8 Å². The van der Waals surface area contributed by atoms with Gasteiger partial charge in [0.05, 0.1) is 11.0 Å². The Bertz CT molecular complexity index is 935. The topological polar surface area (TPSA) is 25.8 Å². The molecule has 2 nitrogen and oxygen atoms in total. The molecular formula is C21H18N2. The van der Waals surface area contributed by atoms with Gasteiger partial charge in [0.25, 0.3) is 0 Å². The van der Waals surface area contributed by atoms with Crippen molar-refractivity contribution in [3.8, 4) is 0 Å². The SMILES string of the molecule is Cc1ccc2cc(Cc3ccc4nc(C)ccc4c3)ccc2n1. The zero-order chi connectivity index (χ0) is 15.8. The van der Waals surface area contributed by atoms with Gasteiger partial charge >= 0.3 is 0 Å². The predicted molar refractivity (Wildman–Crippen MR) is 95.8 cm³/mol. The Morgan fingerprint density at radius 3 is 1.57 bits per heavy atom. The van der Waals surface area contributed by atoms with E-state index in [1.165, 1.54) is 21.9 Å². The number of hydrogen-bond acceptors (Lipinski definition) is 2. The van der Waals surface area contributed by atoms with E-state index in [0.29, 0.717) is 0 Å². The average molecular weight is 298 g/mol. The van der Waals surface area contributed by atoms with Gasteiger partial charge in [-0.1, -0.05) is 24.3 Å². The van der Waals surface area contributed by atoms with Gasteiger partial charge in [-0.15, -0.1) is 0 Å². The minimum Gasteiger partial charge on any atom is -0.253 e. The van der Waals surface area contributed by atoms with E-state index in [1.54, 1.807) is 0 Å². The van der Waals surface area contributed by atoms with Crippen LogP contribution in [0.3, 0.4) is 0 Å². The van der Waals surface area contributed by atoms with Crippen LogP contribution in [0.1, 0.15) is 22.5 Å². The van der Waals surface area contributed by atoms with E-state index in [2.05, 4.69) is 70.6 Å². The normalized spacial score (nSPS) is 11.2. The van der Waals surface area contributed by atoms with Crippen LogP contribution in [0, 0.1) is 13.8 Å². The Hall–Kier alpha value is -2.74. The number of nitrogens with zero attached hydrogens (tertiary/aromatic N) is 2. The van der Waals surface area contributed by atoms with Crippen LogP contribution in [-0.4, -0.2) is 9.97 Å². The first kappa shape index (κ1) is 13.9. The maximum atomic E-state index is 4.56. The third-order valence-corrected chi connectivity index (χ3v) is 4.19. The molecule has 0 saturated carbocycles. The molecule has 0 atom stereocenters. The Labute approximate surface area is 135 Å². The summed E-state index contributed by atoms with van der Waals surface area (Å²) in [5.41, 5.74) is 6.86. The van der Waals surface area contributed by atoms with Crippen LogP contribution in [0.4, 0.5) is 0 Å². The Morgan fingerprint density at radius 1 is 0.609 bits per heavy atom. The van der Waals surface area contributed by atoms with Gasteiger partial charge < -0.3 is 0 Å². The number of rotatable bonds is 2. The van der Waals surface area contributed by atoms with Crippen LogP contribution in [0.15, 0.2) is 60.7 Å². The van der Waals surface area contributed by atoms with Crippen molar-refractivity contribution in [2.75, 3.05) is 0 Å². The molecule has 2 aromatic carbocycles. The third-order valence-electron chi connectivity index (χ3n) is 4.19. The second-order valence-electron chi connectivity index (χ2n) is 6.14. The molecule has 0 spiro atoms. The van der Waals surface area contributed by atoms with Gasteiger partial charge in [-0.2, -0.15) is 0 Å². The van der Waals surface area contributed by atoms with Crippen molar-refractivity contribution in [2.24, 2.45) is 0 Å². The number of aromatic nitrogens is 2. The van der Waals surface area contributed by atoms with E-state index in [-0.39, 0.29) is 0 Å². The first-order chi connectivity index (χ1) is 11.2. The molecule has 2 heterocycles. The summed E-state index contributed by atoms with van der Waals surface area (Å²) in [5, 5.41) is 2.40. The molecule has 0 aliphatic heterocycles. The molecule has 0 amide bonds. The highest BCUT2D eigenvalue weighted by atomic mass is 14.7. The molecule has 2 aromatic heterocycles. The van der Waals surface area contributed by atoms with Gasteiger partial charge in [-0.05, 0) is 67.8 Å². The van der Waals surface area contributed by atoms with Crippen molar-refractivity contribution in [3.05, 3.63) is 83.2 Å². The van der Waals surface area contributed by atoms with E-state index < -0.39 is 0 Å². The van der Waals surface area contributed by atoms with Crippen molar-refractivity contribution >= 4 is 21.8 Å². The van der Waals surface area contributed by atoms with Crippen LogP contribution in [0.2, 0.25) is 0 Å². The molecule has 0 fully saturated rings. The molecule has 4 rings (SSSR count). The van der Waals surface area contributed by atoms with Crippen LogP contribution in [0.5, 0.6) is 0 Å². The molecule has 2 heteroatoms. The largest absolute Gasteiger partial charge is 0.253 e. The fraction of sp³-hybridized carbons (Fsp3) is 0.143. The van der Waals surface area contributed by atoms with Crippen molar-refractivity contribution in [1.82, 2.24) is 9.97 Å². The van der Waals surface area contributed by atoms with Gasteiger partial charge in [0.15, 0.2) is 0 Å². The summed E-state index contributed by atoms with van der Waals surface area (Å²) in [6.45, 7) is 4.05. The fourth-order valence-electron chi connectivity index (χ4n) is 3.01. The lowest BCUT2D eigenvalue weighted by Crippen LogP contribution is -1.91. The van der Waals surface area contributed by atoms with Crippen LogP contribution < -0.4 is 0 Å². The van der Waals surface area contributed by atoms with Gasteiger partial charge in [-0.3, -0.25) is 9.97 Å². The van der Waals surface area contributed by atoms with Crippen molar-refractivity contribution < 1.29 is 0 Å². The first-order valence-corrected chi connectivity index (χ1v) is 7.90. The van der Waals surface area contributed by atoms with E-state index >= 15 is 0 Å². The van der Waals surface area contributed by atoms with E-state index in [9.17, 15) is 0 Å². The highest BCUT2D eigenvalue weighted by Gasteiger charge is 2.02. The third kappa shape index (κ3) is 2.80. The summed E-state index contributed by atoms with van der Waals surface area (Å²) >= 11 is 0. The minimum atomic E-state index is 0.924. The molecule has 0 aliphatic carbocycles. The number of benzene rings is 2. The van der Waals surface area contributed by atoms with E-state index in [0.717, 1.165) is 28.8 Å². The first-order valence-electron chi connectivity index (χ1n) is 7.90. The van der Waals surface area contributed by atoms with Crippen LogP contribution in [-0.2, 0) is 6.42 Å². The molecule has 4 aromatic rings. The number of fused-ring (bicyclic) bond motifs is 2. The monoisotopic (exact) mass is 298 g/mol. The van der Waals surface area contributed by atoms with Gasteiger partial charge in [0.2, 0.25) is 0 Å². The second-order valence-corrected chi connectivity index (χ2v) is 6.14. The van der Waals surface area contributed by atoms with E-state index in [4.69, 9.17) is 0 Å². The van der Waals surface area contributed by atoms with Gasteiger partial charge in [0, 0.05) is 22.2 Å². The summed E-state index contributed by atoms with van der Waals surface area (Å²) in [5.74, 6) is 0. The lowest BCUT2D eigenvalue weighted by molar-refractivity contribution is 1.19. The highest BCUT2D eigenvalue weighted by molar-refractivity contribution is 5.81. The number of hydrogen-bond donors (Lipinski definition) is 0. The predicted octanol–water partition coefficient (Wildman–Crippen LogP) is 4.99. The second kappa shape index (κ2) is 5.47. The summed E-state index contributed by atoms with van der Waals surface area (Å²) in [6.07, 6.45) is 0.924. The van der Waals surface area contributed by atoms with E-state index in [1.807, 2.05) is 13.8 Å². The summed E-state index contributed by atoms with van der Waals surface area (Å²) in [6, 6.07) is 21.5. The maximum absolute atomic E-state index is 4.56.